The molecule has 0 radical (unpaired) electrons. The summed E-state index contributed by atoms with van der Waals surface area (Å²) in [6.45, 7) is 1.17. The smallest absolute Gasteiger partial charge is 0.410 e. The molecule has 1 heterocycles. The van der Waals surface area contributed by atoms with Crippen molar-refractivity contribution in [2.45, 2.75) is 12.5 Å². The highest BCUT2D eigenvalue weighted by molar-refractivity contribution is 6.30. The lowest BCUT2D eigenvalue weighted by Gasteiger charge is -2.13. The molecule has 1 aliphatic heterocycles. The highest BCUT2D eigenvalue weighted by atomic mass is 35.5. The van der Waals surface area contributed by atoms with E-state index in [-0.39, 0.29) is 12.2 Å². The molecule has 2 aromatic carbocycles. The number of nitrogens with two attached hydrogens (primary N) is 1. The number of cyclic esters (lactones) is 1. The number of hydrogen-bond donors (Lipinski definition) is 1. The third-order valence-corrected chi connectivity index (χ3v) is 3.99. The minimum atomic E-state index is -0.277. The van der Waals surface area contributed by atoms with Crippen LogP contribution in [0, 0.1) is 0 Å². The standard InChI is InChI=1S/C17H17ClN2O2/c18-14-3-1-2-13(10-14)16-11-20(17(21)22-16)9-8-12-4-6-15(19)7-5-12/h1-7,10,16H,8-9,11,19H2/t16-/m0/s1. The van der Waals surface area contributed by atoms with E-state index in [1.165, 1.54) is 0 Å². The number of ether oxygens (including phenoxy) is 1. The summed E-state index contributed by atoms with van der Waals surface area (Å²) < 4.78 is 5.43. The SMILES string of the molecule is Nc1ccc(CCN2C[C@@H](c3cccc(Cl)c3)OC2=O)cc1. The van der Waals surface area contributed by atoms with Gasteiger partial charge in [-0.25, -0.2) is 4.79 Å². The van der Waals surface area contributed by atoms with Crippen molar-refractivity contribution in [3.05, 3.63) is 64.7 Å². The molecule has 0 saturated carbocycles. The molecule has 114 valence electrons. The third kappa shape index (κ3) is 3.34. The predicted octanol–water partition coefficient (Wildman–Crippen LogP) is 3.66. The Balaban J connectivity index is 1.61. The van der Waals surface area contributed by atoms with Gasteiger partial charge >= 0.3 is 6.09 Å². The Bertz CT molecular complexity index is 673. The number of amides is 1. The molecule has 1 saturated heterocycles. The Morgan fingerprint density at radius 1 is 1.23 bits per heavy atom. The Kier molecular flexibility index (Phi) is 4.20. The molecule has 1 atom stereocenters. The van der Waals surface area contributed by atoms with E-state index < -0.39 is 0 Å². The number of anilines is 1. The van der Waals surface area contributed by atoms with Crippen molar-refractivity contribution in [2.24, 2.45) is 0 Å². The number of benzene rings is 2. The van der Waals surface area contributed by atoms with Crippen LogP contribution in [0.2, 0.25) is 5.02 Å². The summed E-state index contributed by atoms with van der Waals surface area (Å²) in [6, 6.07) is 15.1. The van der Waals surface area contributed by atoms with E-state index in [9.17, 15) is 4.79 Å². The van der Waals surface area contributed by atoms with Crippen LogP contribution in [-0.4, -0.2) is 24.1 Å². The van der Waals surface area contributed by atoms with E-state index in [0.29, 0.717) is 18.1 Å². The zero-order chi connectivity index (χ0) is 15.5. The molecular formula is C17H17ClN2O2. The maximum atomic E-state index is 12.0. The first kappa shape index (κ1) is 14.7. The topological polar surface area (TPSA) is 55.6 Å². The van der Waals surface area contributed by atoms with Crippen LogP contribution in [0.5, 0.6) is 0 Å². The molecule has 2 aromatic rings. The summed E-state index contributed by atoms with van der Waals surface area (Å²) >= 11 is 5.99. The normalized spacial score (nSPS) is 17.6. The number of hydrogen-bond acceptors (Lipinski definition) is 3. The fourth-order valence-corrected chi connectivity index (χ4v) is 2.72. The van der Waals surface area contributed by atoms with E-state index in [4.69, 9.17) is 22.1 Å². The van der Waals surface area contributed by atoms with Gasteiger partial charge in [0.2, 0.25) is 0 Å². The molecule has 2 N–H and O–H groups in total. The lowest BCUT2D eigenvalue weighted by molar-refractivity contribution is 0.133. The maximum Gasteiger partial charge on any atom is 0.410 e. The van der Waals surface area contributed by atoms with Crippen molar-refractivity contribution >= 4 is 23.4 Å². The first-order chi connectivity index (χ1) is 10.6. The van der Waals surface area contributed by atoms with Crippen LogP contribution in [0.15, 0.2) is 48.5 Å². The predicted molar refractivity (Wildman–Crippen MR) is 86.8 cm³/mol. The second kappa shape index (κ2) is 6.28. The van der Waals surface area contributed by atoms with Crippen LogP contribution in [0.4, 0.5) is 10.5 Å². The van der Waals surface area contributed by atoms with Crippen molar-refractivity contribution in [3.8, 4) is 0 Å². The average Bonchev–Trinajstić information content (AvgIpc) is 2.88. The number of rotatable bonds is 4. The van der Waals surface area contributed by atoms with Crippen LogP contribution in [0.1, 0.15) is 17.2 Å². The molecular weight excluding hydrogens is 300 g/mol. The van der Waals surface area contributed by atoms with Crippen molar-refractivity contribution in [1.29, 1.82) is 0 Å². The molecule has 22 heavy (non-hydrogen) atoms. The van der Waals surface area contributed by atoms with Crippen LogP contribution < -0.4 is 5.73 Å². The van der Waals surface area contributed by atoms with Gasteiger partial charge in [0.05, 0.1) is 6.54 Å². The van der Waals surface area contributed by atoms with E-state index in [2.05, 4.69) is 0 Å². The molecule has 5 heteroatoms. The number of nitrogen functional groups attached to an aromatic ring is 1. The molecule has 3 rings (SSSR count). The summed E-state index contributed by atoms with van der Waals surface area (Å²) in [5.41, 5.74) is 8.48. The summed E-state index contributed by atoms with van der Waals surface area (Å²) in [5, 5.41) is 0.647. The number of nitrogens with zero attached hydrogens (tertiary/aromatic N) is 1. The summed E-state index contributed by atoms with van der Waals surface area (Å²) in [7, 11) is 0. The van der Waals surface area contributed by atoms with Gasteiger partial charge in [0.15, 0.2) is 0 Å². The van der Waals surface area contributed by atoms with Gasteiger partial charge in [-0.1, -0.05) is 35.9 Å². The van der Waals surface area contributed by atoms with E-state index >= 15 is 0 Å². The number of halogens is 1. The van der Waals surface area contributed by atoms with Crippen molar-refractivity contribution in [2.75, 3.05) is 18.8 Å². The van der Waals surface area contributed by atoms with E-state index in [1.54, 1.807) is 11.0 Å². The van der Waals surface area contributed by atoms with Gasteiger partial charge in [-0.2, -0.15) is 0 Å². The van der Waals surface area contributed by atoms with Gasteiger partial charge in [-0.3, -0.25) is 0 Å². The molecule has 0 aliphatic carbocycles. The molecule has 1 amide bonds. The molecule has 0 spiro atoms. The Morgan fingerprint density at radius 2 is 2.00 bits per heavy atom. The minimum Gasteiger partial charge on any atom is -0.439 e. The summed E-state index contributed by atoms with van der Waals surface area (Å²) in [4.78, 5) is 13.7. The summed E-state index contributed by atoms with van der Waals surface area (Å²) in [6.07, 6.45) is 0.246. The van der Waals surface area contributed by atoms with Crippen LogP contribution >= 0.6 is 11.6 Å². The lowest BCUT2D eigenvalue weighted by Crippen LogP contribution is -2.26. The zero-order valence-corrected chi connectivity index (χ0v) is 12.8. The van der Waals surface area contributed by atoms with Gasteiger partial charge in [0, 0.05) is 17.3 Å². The maximum absolute atomic E-state index is 12.0. The van der Waals surface area contributed by atoms with Gasteiger partial charge < -0.3 is 15.4 Å². The third-order valence-electron chi connectivity index (χ3n) is 3.76. The first-order valence-corrected chi connectivity index (χ1v) is 7.55. The van der Waals surface area contributed by atoms with Crippen molar-refractivity contribution in [1.82, 2.24) is 4.90 Å². The average molecular weight is 317 g/mol. The summed E-state index contributed by atoms with van der Waals surface area (Å²) in [5.74, 6) is 0. The second-order valence-corrected chi connectivity index (χ2v) is 5.80. The quantitative estimate of drug-likeness (QED) is 0.876. The van der Waals surface area contributed by atoms with Gasteiger partial charge in [0.25, 0.3) is 0 Å². The highest BCUT2D eigenvalue weighted by Gasteiger charge is 2.31. The van der Waals surface area contributed by atoms with Crippen LogP contribution in [0.3, 0.4) is 0 Å². The monoisotopic (exact) mass is 316 g/mol. The molecule has 4 nitrogen and oxygen atoms in total. The fraction of sp³-hybridized carbons (Fsp3) is 0.235. The van der Waals surface area contributed by atoms with E-state index in [0.717, 1.165) is 23.2 Å². The first-order valence-electron chi connectivity index (χ1n) is 7.17. The Morgan fingerprint density at radius 3 is 2.73 bits per heavy atom. The molecule has 0 unspecified atom stereocenters. The van der Waals surface area contributed by atoms with Gasteiger partial charge in [0.1, 0.15) is 6.10 Å². The minimum absolute atomic E-state index is 0.252. The molecule has 1 fully saturated rings. The second-order valence-electron chi connectivity index (χ2n) is 5.37. The lowest BCUT2D eigenvalue weighted by atomic mass is 10.1. The van der Waals surface area contributed by atoms with Gasteiger partial charge in [-0.05, 0) is 41.8 Å². The molecule has 0 bridgehead atoms. The Hall–Kier alpha value is -2.20. The van der Waals surface area contributed by atoms with Gasteiger partial charge in [-0.15, -0.1) is 0 Å². The highest BCUT2D eigenvalue weighted by Crippen LogP contribution is 2.27. The Labute approximate surface area is 134 Å². The van der Waals surface area contributed by atoms with Crippen molar-refractivity contribution in [3.63, 3.8) is 0 Å². The molecule has 1 aliphatic rings. The number of carbonyl (C=O) groups is 1. The van der Waals surface area contributed by atoms with Crippen LogP contribution in [-0.2, 0) is 11.2 Å². The number of carbonyl (C=O) groups excluding carboxylic acids is 1. The molecule has 0 aromatic heterocycles. The van der Waals surface area contributed by atoms with Crippen molar-refractivity contribution < 1.29 is 9.53 Å². The fourth-order valence-electron chi connectivity index (χ4n) is 2.52. The van der Waals surface area contributed by atoms with E-state index in [1.807, 2.05) is 42.5 Å². The zero-order valence-electron chi connectivity index (χ0n) is 12.0. The van der Waals surface area contributed by atoms with Crippen LogP contribution in [0.25, 0.3) is 0 Å². The largest absolute Gasteiger partial charge is 0.439 e.